The molecule has 0 spiro atoms. The van der Waals surface area contributed by atoms with E-state index in [2.05, 4.69) is 28.1 Å². The molecule has 0 aliphatic carbocycles. The molecule has 6 heteroatoms. The third-order valence-electron chi connectivity index (χ3n) is 4.46. The quantitative estimate of drug-likeness (QED) is 0.458. The lowest BCUT2D eigenvalue weighted by molar-refractivity contribution is -0.107. The number of fused-ring (bicyclic) bond motifs is 1. The van der Waals surface area contributed by atoms with Gasteiger partial charge in [-0.25, -0.2) is 0 Å². The molecule has 3 aromatic rings. The summed E-state index contributed by atoms with van der Waals surface area (Å²) in [6.07, 6.45) is 0.879. The molecule has 0 saturated heterocycles. The van der Waals surface area contributed by atoms with Crippen molar-refractivity contribution < 1.29 is 9.53 Å². The van der Waals surface area contributed by atoms with Crippen LogP contribution in [-0.2, 0) is 11.3 Å². The van der Waals surface area contributed by atoms with Gasteiger partial charge in [-0.1, -0.05) is 45.7 Å². The maximum atomic E-state index is 11.8. The minimum Gasteiger partial charge on any atom is -0.492 e. The van der Waals surface area contributed by atoms with Gasteiger partial charge in [0, 0.05) is 26.5 Å². The number of carbonyl (C=O) groups excluding carboxylic acids is 1. The monoisotopic (exact) mass is 447 g/mol. The van der Waals surface area contributed by atoms with Gasteiger partial charge in [-0.15, -0.1) is 11.3 Å². The van der Waals surface area contributed by atoms with Crippen molar-refractivity contribution in [1.29, 1.82) is 0 Å². The smallest absolute Gasteiger partial charge is 0.214 e. The Morgan fingerprint density at radius 1 is 1.19 bits per heavy atom. The summed E-state index contributed by atoms with van der Waals surface area (Å²) in [7, 11) is 0. The first-order valence-corrected chi connectivity index (χ1v) is 10.1. The third-order valence-corrected chi connectivity index (χ3v) is 6.17. The lowest BCUT2D eigenvalue weighted by Gasteiger charge is -2.23. The van der Waals surface area contributed by atoms with Crippen LogP contribution in [0.5, 0.6) is 5.75 Å². The van der Waals surface area contributed by atoms with Crippen LogP contribution < -0.4 is 9.64 Å². The van der Waals surface area contributed by atoms with E-state index in [-0.39, 0.29) is 5.92 Å². The normalized spacial score (nSPS) is 15.4. The first-order valence-electron chi connectivity index (χ1n) is 8.13. The Labute approximate surface area is 169 Å². The number of hydrogen-bond acceptors (Lipinski definition) is 3. The summed E-state index contributed by atoms with van der Waals surface area (Å²) >= 11 is 11.1. The van der Waals surface area contributed by atoms with E-state index in [0.29, 0.717) is 13.2 Å². The number of hydrogen-bond donors (Lipinski definition) is 0. The molecule has 1 aliphatic rings. The molecular formula is C20H15BrClNO2S. The minimum absolute atomic E-state index is 0.0908. The second-order valence-corrected chi connectivity index (χ2v) is 8.76. The second kappa shape index (κ2) is 7.43. The zero-order chi connectivity index (χ0) is 18.1. The van der Waals surface area contributed by atoms with E-state index < -0.39 is 0 Å². The van der Waals surface area contributed by atoms with Crippen LogP contribution in [0.25, 0.3) is 0 Å². The van der Waals surface area contributed by atoms with Crippen LogP contribution in [0.3, 0.4) is 0 Å². The second-order valence-electron chi connectivity index (χ2n) is 6.04. The Morgan fingerprint density at radius 3 is 2.81 bits per heavy atom. The van der Waals surface area contributed by atoms with Gasteiger partial charge in [0.15, 0.2) is 0 Å². The van der Waals surface area contributed by atoms with Crippen LogP contribution in [0.1, 0.15) is 21.9 Å². The highest BCUT2D eigenvalue weighted by Gasteiger charge is 2.29. The average Bonchev–Trinajstić information content (AvgIpc) is 3.25. The van der Waals surface area contributed by atoms with Crippen LogP contribution >= 0.6 is 38.9 Å². The number of rotatable bonds is 5. The fourth-order valence-corrected chi connectivity index (χ4v) is 4.74. The highest BCUT2D eigenvalue weighted by molar-refractivity contribution is 9.10. The zero-order valence-electron chi connectivity index (χ0n) is 13.7. The number of para-hydroxylation sites is 1. The summed E-state index contributed by atoms with van der Waals surface area (Å²) in [5.41, 5.74) is 3.12. The molecule has 1 unspecified atom stereocenters. The number of benzene rings is 2. The van der Waals surface area contributed by atoms with Crippen molar-refractivity contribution in [2.75, 3.05) is 11.5 Å². The molecule has 2 aromatic carbocycles. The van der Waals surface area contributed by atoms with Gasteiger partial charge in [-0.2, -0.15) is 0 Å². The van der Waals surface area contributed by atoms with Crippen molar-refractivity contribution in [1.82, 2.24) is 0 Å². The molecule has 0 saturated carbocycles. The molecule has 1 aliphatic heterocycles. The number of nitrogens with zero attached hydrogens (tertiary/aromatic N) is 1. The van der Waals surface area contributed by atoms with E-state index in [0.717, 1.165) is 42.7 Å². The van der Waals surface area contributed by atoms with Gasteiger partial charge in [0.2, 0.25) is 6.41 Å². The Balaban J connectivity index is 1.71. The first-order chi connectivity index (χ1) is 12.7. The highest BCUT2D eigenvalue weighted by atomic mass is 79.9. The number of amides is 1. The molecule has 1 aromatic heterocycles. The maximum absolute atomic E-state index is 11.8. The molecule has 2 heterocycles. The van der Waals surface area contributed by atoms with Gasteiger partial charge in [0.25, 0.3) is 0 Å². The third kappa shape index (κ3) is 3.39. The molecule has 0 radical (unpaired) electrons. The van der Waals surface area contributed by atoms with E-state index in [1.165, 1.54) is 11.3 Å². The van der Waals surface area contributed by atoms with Crippen molar-refractivity contribution in [3.8, 4) is 5.75 Å². The SMILES string of the molecule is O=CN(Cc1ccc(Cl)s1)c1ccccc1C1COc2ccc(Br)cc21. The van der Waals surface area contributed by atoms with E-state index in [1.54, 1.807) is 4.90 Å². The van der Waals surface area contributed by atoms with Crippen LogP contribution in [0, 0.1) is 0 Å². The first kappa shape index (κ1) is 17.6. The minimum atomic E-state index is 0.0908. The largest absolute Gasteiger partial charge is 0.492 e. The maximum Gasteiger partial charge on any atom is 0.214 e. The molecule has 132 valence electrons. The number of halogens is 2. The highest BCUT2D eigenvalue weighted by Crippen LogP contribution is 2.42. The molecule has 1 atom stereocenters. The van der Waals surface area contributed by atoms with Crippen molar-refractivity contribution in [3.63, 3.8) is 0 Å². The predicted octanol–water partition coefficient (Wildman–Crippen LogP) is 5.85. The van der Waals surface area contributed by atoms with E-state index in [4.69, 9.17) is 16.3 Å². The number of thiophene rings is 1. The number of ether oxygens (including phenoxy) is 1. The average molecular weight is 449 g/mol. The molecule has 0 bridgehead atoms. The van der Waals surface area contributed by atoms with Crippen LogP contribution in [0.4, 0.5) is 5.69 Å². The molecule has 3 nitrogen and oxygen atoms in total. The van der Waals surface area contributed by atoms with Gasteiger partial charge < -0.3 is 9.64 Å². The molecule has 0 fully saturated rings. The Morgan fingerprint density at radius 2 is 2.04 bits per heavy atom. The lowest BCUT2D eigenvalue weighted by Crippen LogP contribution is -2.22. The van der Waals surface area contributed by atoms with Crippen molar-refractivity contribution >= 4 is 51.0 Å². The molecule has 26 heavy (non-hydrogen) atoms. The van der Waals surface area contributed by atoms with Gasteiger partial charge >= 0.3 is 0 Å². The van der Waals surface area contributed by atoms with Crippen LogP contribution in [-0.4, -0.2) is 13.0 Å². The van der Waals surface area contributed by atoms with Gasteiger partial charge in [-0.3, -0.25) is 4.79 Å². The molecular weight excluding hydrogens is 434 g/mol. The molecule has 4 rings (SSSR count). The Bertz CT molecular complexity index is 958. The van der Waals surface area contributed by atoms with Crippen molar-refractivity contribution in [2.45, 2.75) is 12.5 Å². The van der Waals surface area contributed by atoms with Crippen LogP contribution in [0.15, 0.2) is 59.1 Å². The van der Waals surface area contributed by atoms with Gasteiger partial charge in [0.05, 0.1) is 17.5 Å². The summed E-state index contributed by atoms with van der Waals surface area (Å²) in [5.74, 6) is 0.990. The number of anilines is 1. The van der Waals surface area contributed by atoms with Crippen molar-refractivity contribution in [2.24, 2.45) is 0 Å². The summed E-state index contributed by atoms with van der Waals surface area (Å²) < 4.78 is 7.61. The molecule has 1 amide bonds. The fourth-order valence-electron chi connectivity index (χ4n) is 3.27. The summed E-state index contributed by atoms with van der Waals surface area (Å²) in [4.78, 5) is 14.6. The topological polar surface area (TPSA) is 29.5 Å². The van der Waals surface area contributed by atoms with E-state index >= 15 is 0 Å². The number of carbonyl (C=O) groups is 1. The van der Waals surface area contributed by atoms with Crippen molar-refractivity contribution in [3.05, 3.63) is 79.4 Å². The summed E-state index contributed by atoms with van der Waals surface area (Å²) in [6.45, 7) is 1.07. The Hall–Kier alpha value is -1.82. The van der Waals surface area contributed by atoms with Gasteiger partial charge in [-0.05, 0) is 42.0 Å². The lowest BCUT2D eigenvalue weighted by atomic mass is 9.91. The van der Waals surface area contributed by atoms with Gasteiger partial charge in [0.1, 0.15) is 5.75 Å². The summed E-state index contributed by atoms with van der Waals surface area (Å²) in [5, 5.41) is 0. The van der Waals surface area contributed by atoms with Crippen LogP contribution in [0.2, 0.25) is 4.34 Å². The Kier molecular flexibility index (Phi) is 5.02. The molecule has 0 N–H and O–H groups in total. The van der Waals surface area contributed by atoms with E-state index in [1.807, 2.05) is 42.5 Å². The fraction of sp³-hybridized carbons (Fsp3) is 0.150. The predicted molar refractivity (Wildman–Crippen MR) is 109 cm³/mol. The zero-order valence-corrected chi connectivity index (χ0v) is 16.9. The standard InChI is InChI=1S/C20H15BrClNO2S/c21-13-5-7-19-16(9-13)17(11-25-19)15-3-1-2-4-18(15)23(12-24)10-14-6-8-20(22)26-14/h1-9,12,17H,10-11H2. The summed E-state index contributed by atoms with van der Waals surface area (Å²) in [6, 6.07) is 17.9. The van der Waals surface area contributed by atoms with E-state index in [9.17, 15) is 4.79 Å².